The van der Waals surface area contributed by atoms with Crippen molar-refractivity contribution in [3.63, 3.8) is 0 Å². The minimum absolute atomic E-state index is 0.00877. The van der Waals surface area contributed by atoms with Crippen molar-refractivity contribution in [2.24, 2.45) is 17.8 Å². The van der Waals surface area contributed by atoms with Gasteiger partial charge in [-0.25, -0.2) is 0 Å². The van der Waals surface area contributed by atoms with Gasteiger partial charge in [0.1, 0.15) is 23.8 Å². The molecule has 1 saturated heterocycles. The van der Waals surface area contributed by atoms with Gasteiger partial charge >= 0.3 is 5.97 Å². The topological polar surface area (TPSA) is 134 Å². The summed E-state index contributed by atoms with van der Waals surface area (Å²) in [6, 6.07) is 0. The summed E-state index contributed by atoms with van der Waals surface area (Å²) in [5.41, 5.74) is -1.04. The van der Waals surface area contributed by atoms with E-state index in [1.165, 1.54) is 6.92 Å². The third-order valence-electron chi connectivity index (χ3n) is 5.52. The highest BCUT2D eigenvalue weighted by atomic mass is 16.6. The maximum Gasteiger partial charge on any atom is 0.302 e. The van der Waals surface area contributed by atoms with Crippen LogP contribution in [-0.4, -0.2) is 70.0 Å². The van der Waals surface area contributed by atoms with Crippen molar-refractivity contribution in [3.8, 4) is 0 Å². The Labute approximate surface area is 171 Å². The average Bonchev–Trinajstić information content (AvgIpc) is 3.35. The number of allylic oxidation sites excluding steroid dienone is 1. The lowest BCUT2D eigenvalue weighted by molar-refractivity contribution is -0.150. The first-order valence-corrected chi connectivity index (χ1v) is 9.99. The highest BCUT2D eigenvalue weighted by Gasteiger charge is 2.62. The van der Waals surface area contributed by atoms with Crippen LogP contribution in [0, 0.1) is 17.8 Å². The summed E-state index contributed by atoms with van der Waals surface area (Å²) in [7, 11) is 0. The molecule has 0 aromatic carbocycles. The van der Waals surface area contributed by atoms with Crippen LogP contribution in [0.1, 0.15) is 47.5 Å². The molecule has 0 aromatic rings. The number of carbonyl (C=O) groups excluding carboxylic acids is 3. The van der Waals surface area contributed by atoms with Crippen molar-refractivity contribution in [3.05, 3.63) is 12.2 Å². The molecule has 166 valence electrons. The fourth-order valence-electron chi connectivity index (χ4n) is 3.64. The van der Waals surface area contributed by atoms with Crippen LogP contribution in [-0.2, 0) is 23.9 Å². The van der Waals surface area contributed by atoms with Crippen LogP contribution in [0.5, 0.6) is 0 Å². The quantitative estimate of drug-likeness (QED) is 0.229. The first kappa shape index (κ1) is 25.4. The fraction of sp³-hybridized carbons (Fsp3) is 0.762. The first-order valence-electron chi connectivity index (χ1n) is 9.99. The van der Waals surface area contributed by atoms with Gasteiger partial charge < -0.3 is 24.8 Å². The molecule has 3 N–H and O–H groups in total. The van der Waals surface area contributed by atoms with Crippen LogP contribution in [0.15, 0.2) is 12.2 Å². The fourth-order valence-corrected chi connectivity index (χ4v) is 3.64. The number of ether oxygens (including phenoxy) is 2. The lowest BCUT2D eigenvalue weighted by Crippen LogP contribution is -2.48. The Morgan fingerprint density at radius 2 is 1.86 bits per heavy atom. The average molecular weight is 414 g/mol. The number of Topliss-reactive ketones (excluding diaryl/α,β-unsaturated/α-hetero) is 2. The largest absolute Gasteiger partial charge is 0.465 e. The van der Waals surface area contributed by atoms with Gasteiger partial charge in [-0.05, 0) is 13.8 Å². The zero-order valence-corrected chi connectivity index (χ0v) is 17.8. The Kier molecular flexibility index (Phi) is 9.61. The molecule has 0 saturated carbocycles. The Morgan fingerprint density at radius 1 is 1.24 bits per heavy atom. The Morgan fingerprint density at radius 3 is 2.34 bits per heavy atom. The van der Waals surface area contributed by atoms with E-state index in [2.05, 4.69) is 0 Å². The second-order valence-electron chi connectivity index (χ2n) is 7.82. The number of aliphatic hydroxyl groups is 3. The summed E-state index contributed by atoms with van der Waals surface area (Å²) >= 11 is 0. The van der Waals surface area contributed by atoms with Crippen molar-refractivity contribution < 1.29 is 39.2 Å². The molecule has 0 aliphatic carbocycles. The number of hydrogen-bond acceptors (Lipinski definition) is 8. The summed E-state index contributed by atoms with van der Waals surface area (Å²) in [5.74, 6) is -4.06. The van der Waals surface area contributed by atoms with E-state index in [4.69, 9.17) is 9.47 Å². The number of hydrogen-bond donors (Lipinski definition) is 3. The zero-order chi connectivity index (χ0) is 22.4. The maximum atomic E-state index is 13.1. The summed E-state index contributed by atoms with van der Waals surface area (Å²) in [4.78, 5) is 36.0. The Balaban J connectivity index is 3.05. The van der Waals surface area contributed by atoms with E-state index in [0.717, 1.165) is 0 Å². The van der Waals surface area contributed by atoms with Gasteiger partial charge in [-0.3, -0.25) is 14.4 Å². The SMILES string of the molecule is CC=C[C@H](C)[C@H]1OC1(C)[C@@H](O)[C@@H](COC(C)=O)C(=O)[C@H](CO)[C@@H](O)CC(=O)CC. The van der Waals surface area contributed by atoms with E-state index >= 15 is 0 Å². The molecule has 0 bridgehead atoms. The zero-order valence-electron chi connectivity index (χ0n) is 17.8. The number of epoxide rings is 1. The molecule has 8 nitrogen and oxygen atoms in total. The lowest BCUT2D eigenvalue weighted by Gasteiger charge is -2.29. The number of aliphatic hydroxyl groups excluding tert-OH is 3. The highest BCUT2D eigenvalue weighted by molar-refractivity contribution is 5.86. The smallest absolute Gasteiger partial charge is 0.302 e. The predicted molar refractivity (Wildman–Crippen MR) is 105 cm³/mol. The van der Waals surface area contributed by atoms with E-state index < -0.39 is 54.6 Å². The molecule has 0 radical (unpaired) electrons. The molecule has 1 aliphatic heterocycles. The van der Waals surface area contributed by atoms with Gasteiger partial charge in [0.2, 0.25) is 0 Å². The number of ketones is 2. The van der Waals surface area contributed by atoms with Gasteiger partial charge in [-0.1, -0.05) is 26.0 Å². The Bertz CT molecular complexity index is 616. The van der Waals surface area contributed by atoms with Crippen LogP contribution >= 0.6 is 0 Å². The van der Waals surface area contributed by atoms with Crippen molar-refractivity contribution in [1.82, 2.24) is 0 Å². The van der Waals surface area contributed by atoms with E-state index in [1.54, 1.807) is 13.8 Å². The molecule has 1 unspecified atom stereocenters. The second-order valence-corrected chi connectivity index (χ2v) is 7.82. The monoisotopic (exact) mass is 414 g/mol. The van der Waals surface area contributed by atoms with Gasteiger partial charge in [0, 0.05) is 25.7 Å². The molecule has 29 heavy (non-hydrogen) atoms. The molecule has 0 spiro atoms. The summed E-state index contributed by atoms with van der Waals surface area (Å²) in [6.45, 7) is 7.15. The molecule has 1 rings (SSSR count). The molecular weight excluding hydrogens is 380 g/mol. The predicted octanol–water partition coefficient (Wildman–Crippen LogP) is 0.804. The van der Waals surface area contributed by atoms with Gasteiger partial charge in [-0.2, -0.15) is 0 Å². The molecule has 0 amide bonds. The number of carbonyl (C=O) groups is 3. The number of rotatable bonds is 13. The van der Waals surface area contributed by atoms with E-state index in [9.17, 15) is 29.7 Å². The molecule has 8 heteroatoms. The van der Waals surface area contributed by atoms with Crippen molar-refractivity contribution in [2.45, 2.75) is 71.4 Å². The van der Waals surface area contributed by atoms with E-state index in [-0.39, 0.29) is 30.6 Å². The van der Waals surface area contributed by atoms with Crippen LogP contribution in [0.3, 0.4) is 0 Å². The van der Waals surface area contributed by atoms with E-state index in [0.29, 0.717) is 0 Å². The molecule has 1 heterocycles. The summed E-state index contributed by atoms with van der Waals surface area (Å²) < 4.78 is 10.7. The minimum atomic E-state index is -1.39. The molecular formula is C21H34O8. The van der Waals surface area contributed by atoms with Crippen LogP contribution in [0.4, 0.5) is 0 Å². The van der Waals surface area contributed by atoms with Gasteiger partial charge in [0.15, 0.2) is 0 Å². The summed E-state index contributed by atoms with van der Waals surface area (Å²) in [5, 5.41) is 30.9. The third-order valence-corrected chi connectivity index (χ3v) is 5.52. The van der Waals surface area contributed by atoms with Crippen molar-refractivity contribution >= 4 is 17.5 Å². The third kappa shape index (κ3) is 6.44. The molecule has 1 fully saturated rings. The first-order chi connectivity index (χ1) is 13.5. The van der Waals surface area contributed by atoms with Crippen molar-refractivity contribution in [2.75, 3.05) is 13.2 Å². The van der Waals surface area contributed by atoms with Crippen LogP contribution in [0.2, 0.25) is 0 Å². The molecule has 7 atom stereocenters. The molecule has 0 aromatic heterocycles. The lowest BCUT2D eigenvalue weighted by atomic mass is 9.79. The Hall–Kier alpha value is -1.61. The normalized spacial score (nSPS) is 26.4. The number of esters is 1. The maximum absolute atomic E-state index is 13.1. The highest BCUT2D eigenvalue weighted by Crippen LogP contribution is 2.46. The molecule has 1 aliphatic rings. The standard InChI is InChI=1S/C21H34O8/c1-6-8-12(3)20-21(5,29-20)19(27)16(11-28-13(4)23)18(26)15(10-22)17(25)9-14(24)7-2/h6,8,12,15-17,19-20,22,25,27H,7,9-11H2,1-5H3/t12-,15+,16-,17-,19-,20+,21?/m0/s1. The van der Waals surface area contributed by atoms with Crippen molar-refractivity contribution in [1.29, 1.82) is 0 Å². The minimum Gasteiger partial charge on any atom is -0.465 e. The van der Waals surface area contributed by atoms with E-state index in [1.807, 2.05) is 26.0 Å². The van der Waals surface area contributed by atoms with Crippen LogP contribution < -0.4 is 0 Å². The van der Waals surface area contributed by atoms with Crippen LogP contribution in [0.25, 0.3) is 0 Å². The second kappa shape index (κ2) is 11.0. The summed E-state index contributed by atoms with van der Waals surface area (Å²) in [6.07, 6.45) is 0.650. The van der Waals surface area contributed by atoms with Gasteiger partial charge in [-0.15, -0.1) is 0 Å². The van der Waals surface area contributed by atoms with Gasteiger partial charge in [0.05, 0.1) is 36.8 Å². The van der Waals surface area contributed by atoms with Gasteiger partial charge in [0.25, 0.3) is 0 Å².